The summed E-state index contributed by atoms with van der Waals surface area (Å²) in [4.78, 5) is 2.70. The number of nitriles is 1. The van der Waals surface area contributed by atoms with Gasteiger partial charge in [-0.15, -0.1) is 0 Å². The molecule has 0 N–H and O–H groups in total. The Morgan fingerprint density at radius 2 is 1.83 bits per heavy atom. The average Bonchev–Trinajstić information content (AvgIpc) is 2.98. The highest BCUT2D eigenvalue weighted by Gasteiger charge is 2.42. The molecule has 0 radical (unpaired) electrons. The maximum Gasteiger partial charge on any atom is 0.0672 e. The van der Waals surface area contributed by atoms with Crippen molar-refractivity contribution in [2.75, 3.05) is 13.1 Å². The van der Waals surface area contributed by atoms with E-state index in [0.717, 1.165) is 24.2 Å². The summed E-state index contributed by atoms with van der Waals surface area (Å²) in [6.07, 6.45) is 9.36. The quantitative estimate of drug-likeness (QED) is 0.746. The zero-order valence-corrected chi connectivity index (χ0v) is 11.6. The van der Waals surface area contributed by atoms with Gasteiger partial charge in [0.15, 0.2) is 0 Å². The molecule has 1 heterocycles. The lowest BCUT2D eigenvalue weighted by atomic mass is 9.77. The third-order valence-electron chi connectivity index (χ3n) is 5.89. The van der Waals surface area contributed by atoms with Gasteiger partial charge in [-0.1, -0.05) is 19.8 Å². The van der Waals surface area contributed by atoms with Crippen molar-refractivity contribution in [3.63, 3.8) is 0 Å². The van der Waals surface area contributed by atoms with Gasteiger partial charge in [-0.2, -0.15) is 5.26 Å². The maximum atomic E-state index is 9.41. The average molecular weight is 246 g/mol. The van der Waals surface area contributed by atoms with Crippen LogP contribution < -0.4 is 0 Å². The van der Waals surface area contributed by atoms with E-state index in [0.29, 0.717) is 12.0 Å². The SMILES string of the molecule is CCC1CCC(C#N)C(N2CC3CCCC3C2)C1. The second-order valence-corrected chi connectivity index (χ2v) is 6.80. The standard InChI is InChI=1S/C16H26N2/c1-2-12-6-7-13(9-17)16(8-12)18-10-14-4-3-5-15(14)11-18/h12-16H,2-8,10-11H2,1H3. The van der Waals surface area contributed by atoms with Crippen molar-refractivity contribution in [2.45, 2.75) is 57.9 Å². The van der Waals surface area contributed by atoms with Gasteiger partial charge in [0.05, 0.1) is 12.0 Å². The van der Waals surface area contributed by atoms with Gasteiger partial charge in [-0.05, 0) is 49.9 Å². The van der Waals surface area contributed by atoms with Crippen molar-refractivity contribution in [3.8, 4) is 6.07 Å². The number of rotatable bonds is 2. The lowest BCUT2D eigenvalue weighted by Gasteiger charge is -2.38. The molecule has 3 fully saturated rings. The van der Waals surface area contributed by atoms with E-state index in [9.17, 15) is 5.26 Å². The Morgan fingerprint density at radius 1 is 1.11 bits per heavy atom. The van der Waals surface area contributed by atoms with Crippen LogP contribution in [0.3, 0.4) is 0 Å². The van der Waals surface area contributed by atoms with Gasteiger partial charge < -0.3 is 0 Å². The molecule has 1 aliphatic heterocycles. The van der Waals surface area contributed by atoms with Crippen LogP contribution in [0.2, 0.25) is 0 Å². The predicted octanol–water partition coefficient (Wildman–Crippen LogP) is 3.44. The van der Waals surface area contributed by atoms with Gasteiger partial charge in [0, 0.05) is 19.1 Å². The molecule has 0 bridgehead atoms. The summed E-state index contributed by atoms with van der Waals surface area (Å²) in [5, 5.41) is 9.41. The summed E-state index contributed by atoms with van der Waals surface area (Å²) in [7, 11) is 0. The topological polar surface area (TPSA) is 27.0 Å². The molecule has 3 aliphatic rings. The minimum atomic E-state index is 0.312. The van der Waals surface area contributed by atoms with E-state index in [4.69, 9.17) is 0 Å². The Balaban J connectivity index is 1.67. The number of fused-ring (bicyclic) bond motifs is 1. The van der Waals surface area contributed by atoms with Crippen LogP contribution in [0.1, 0.15) is 51.9 Å². The maximum absolute atomic E-state index is 9.41. The lowest BCUT2D eigenvalue weighted by molar-refractivity contribution is 0.114. The normalized spacial score (nSPS) is 44.8. The molecular weight excluding hydrogens is 220 g/mol. The van der Waals surface area contributed by atoms with Crippen molar-refractivity contribution in [2.24, 2.45) is 23.7 Å². The molecular formula is C16H26N2. The molecule has 18 heavy (non-hydrogen) atoms. The van der Waals surface area contributed by atoms with Gasteiger partial charge in [0.1, 0.15) is 0 Å². The van der Waals surface area contributed by atoms with Crippen molar-refractivity contribution in [3.05, 3.63) is 0 Å². The first-order chi connectivity index (χ1) is 8.81. The second kappa shape index (κ2) is 5.21. The summed E-state index contributed by atoms with van der Waals surface area (Å²) in [5.74, 6) is 3.12. The highest BCUT2D eigenvalue weighted by molar-refractivity contribution is 5.01. The highest BCUT2D eigenvalue weighted by atomic mass is 15.2. The summed E-state index contributed by atoms with van der Waals surface area (Å²) in [6, 6.07) is 3.18. The Kier molecular flexibility index (Phi) is 3.61. The molecule has 0 aromatic carbocycles. The molecule has 2 heteroatoms. The number of hydrogen-bond acceptors (Lipinski definition) is 2. The van der Waals surface area contributed by atoms with Crippen molar-refractivity contribution in [1.82, 2.24) is 4.90 Å². The minimum absolute atomic E-state index is 0.312. The lowest BCUT2D eigenvalue weighted by Crippen LogP contribution is -2.43. The number of likely N-dealkylation sites (tertiary alicyclic amines) is 1. The van der Waals surface area contributed by atoms with Gasteiger partial charge in [-0.3, -0.25) is 4.90 Å². The van der Waals surface area contributed by atoms with Gasteiger partial charge in [-0.25, -0.2) is 0 Å². The summed E-state index contributed by atoms with van der Waals surface area (Å²) in [6.45, 7) is 4.90. The molecule has 5 unspecified atom stereocenters. The van der Waals surface area contributed by atoms with E-state index in [1.165, 1.54) is 51.6 Å². The Morgan fingerprint density at radius 3 is 2.44 bits per heavy atom. The van der Waals surface area contributed by atoms with E-state index in [1.807, 2.05) is 0 Å². The third kappa shape index (κ3) is 2.18. The molecule has 3 rings (SSSR count). The zero-order chi connectivity index (χ0) is 12.5. The first-order valence-corrected chi connectivity index (χ1v) is 7.95. The molecule has 2 nitrogen and oxygen atoms in total. The smallest absolute Gasteiger partial charge is 0.0672 e. The Labute approximate surface area is 111 Å². The Hall–Kier alpha value is -0.550. The van der Waals surface area contributed by atoms with Crippen LogP contribution in [0, 0.1) is 35.0 Å². The predicted molar refractivity (Wildman–Crippen MR) is 72.9 cm³/mol. The van der Waals surface area contributed by atoms with Crippen LogP contribution in [-0.4, -0.2) is 24.0 Å². The largest absolute Gasteiger partial charge is 0.298 e. The zero-order valence-electron chi connectivity index (χ0n) is 11.6. The molecule has 5 atom stereocenters. The van der Waals surface area contributed by atoms with Gasteiger partial charge >= 0.3 is 0 Å². The van der Waals surface area contributed by atoms with Crippen molar-refractivity contribution >= 4 is 0 Å². The van der Waals surface area contributed by atoms with E-state index in [-0.39, 0.29) is 0 Å². The summed E-state index contributed by atoms with van der Waals surface area (Å²) in [5.41, 5.74) is 0. The summed E-state index contributed by atoms with van der Waals surface area (Å²) >= 11 is 0. The third-order valence-corrected chi connectivity index (χ3v) is 5.89. The molecule has 0 aromatic rings. The van der Waals surface area contributed by atoms with Crippen LogP contribution in [-0.2, 0) is 0 Å². The van der Waals surface area contributed by atoms with Crippen LogP contribution in [0.25, 0.3) is 0 Å². The van der Waals surface area contributed by atoms with Gasteiger partial charge in [0.25, 0.3) is 0 Å². The Bertz CT molecular complexity index is 320. The molecule has 1 saturated heterocycles. The van der Waals surface area contributed by atoms with Crippen LogP contribution in [0.5, 0.6) is 0 Å². The molecule has 0 spiro atoms. The molecule has 0 amide bonds. The first-order valence-electron chi connectivity index (χ1n) is 7.95. The molecule has 0 aromatic heterocycles. The van der Waals surface area contributed by atoms with E-state index in [2.05, 4.69) is 17.9 Å². The molecule has 2 saturated carbocycles. The second-order valence-electron chi connectivity index (χ2n) is 6.80. The van der Waals surface area contributed by atoms with Crippen molar-refractivity contribution < 1.29 is 0 Å². The van der Waals surface area contributed by atoms with Crippen LogP contribution >= 0.6 is 0 Å². The minimum Gasteiger partial charge on any atom is -0.298 e. The summed E-state index contributed by atoms with van der Waals surface area (Å²) < 4.78 is 0. The number of hydrogen-bond donors (Lipinski definition) is 0. The fraction of sp³-hybridized carbons (Fsp3) is 0.938. The fourth-order valence-electron chi connectivity index (χ4n) is 4.70. The number of nitrogens with zero attached hydrogens (tertiary/aromatic N) is 2. The first kappa shape index (κ1) is 12.5. The fourth-order valence-corrected chi connectivity index (χ4v) is 4.70. The van der Waals surface area contributed by atoms with E-state index < -0.39 is 0 Å². The molecule has 2 aliphatic carbocycles. The van der Waals surface area contributed by atoms with E-state index >= 15 is 0 Å². The monoisotopic (exact) mass is 246 g/mol. The highest BCUT2D eigenvalue weighted by Crippen LogP contribution is 2.42. The van der Waals surface area contributed by atoms with Crippen molar-refractivity contribution in [1.29, 1.82) is 5.26 Å². The molecule has 100 valence electrons. The van der Waals surface area contributed by atoms with Crippen LogP contribution in [0.15, 0.2) is 0 Å². The van der Waals surface area contributed by atoms with Gasteiger partial charge in [0.2, 0.25) is 0 Å². The van der Waals surface area contributed by atoms with E-state index in [1.54, 1.807) is 0 Å². The van der Waals surface area contributed by atoms with Crippen LogP contribution in [0.4, 0.5) is 0 Å².